The molecule has 0 saturated carbocycles. The van der Waals surface area contributed by atoms with Gasteiger partial charge in [0.15, 0.2) is 11.5 Å². The minimum absolute atomic E-state index is 0.0282. The number of ether oxygens (including phenoxy) is 6. The van der Waals surface area contributed by atoms with Crippen molar-refractivity contribution in [2.45, 2.75) is 123 Å². The number of hydrogen-bond acceptors (Lipinski definition) is 11. The van der Waals surface area contributed by atoms with E-state index in [1.165, 1.54) is 12.1 Å². The molecule has 0 aromatic heterocycles. The second kappa shape index (κ2) is 21.4. The van der Waals surface area contributed by atoms with Crippen LogP contribution in [0.3, 0.4) is 0 Å². The Morgan fingerprint density at radius 3 is 1.81 bits per heavy atom. The number of benzene rings is 1. The smallest absolute Gasteiger partial charge is 0.459 e. The summed E-state index contributed by atoms with van der Waals surface area (Å²) in [6, 6.07) is 3.37. The Morgan fingerprint density at radius 1 is 0.714 bits per heavy atom. The minimum Gasteiger partial charge on any atom is -0.459 e. The first kappa shape index (κ1) is 36.7. The first-order chi connectivity index (χ1) is 20.1. The van der Waals surface area contributed by atoms with Crippen LogP contribution >= 0.6 is 0 Å². The topological polar surface area (TPSA) is 150 Å². The highest BCUT2D eigenvalue weighted by atomic mass is 16.7. The van der Waals surface area contributed by atoms with E-state index in [-0.39, 0.29) is 37.1 Å². The van der Waals surface area contributed by atoms with Crippen LogP contribution in [0, 0.1) is 0 Å². The Hall–Kier alpha value is -3.34. The number of carbonyl (C=O) groups excluding carboxylic acids is 4. The summed E-state index contributed by atoms with van der Waals surface area (Å²) >= 11 is 0. The molecule has 11 nitrogen and oxygen atoms in total. The van der Waals surface area contributed by atoms with E-state index in [2.05, 4.69) is 0 Å². The maximum atomic E-state index is 12.7. The van der Waals surface area contributed by atoms with Crippen molar-refractivity contribution < 1.29 is 47.6 Å². The Bertz CT molecular complexity index is 967. The molecule has 238 valence electrons. The van der Waals surface area contributed by atoms with E-state index in [0.717, 1.165) is 44.9 Å². The third-order valence-electron chi connectivity index (χ3n) is 6.35. The number of rotatable bonds is 20. The van der Waals surface area contributed by atoms with Crippen LogP contribution in [-0.2, 0) is 35.0 Å². The Labute approximate surface area is 249 Å². The number of nitrogens with two attached hydrogens (primary N) is 1. The van der Waals surface area contributed by atoms with Crippen LogP contribution in [0.25, 0.3) is 0 Å². The zero-order chi connectivity index (χ0) is 31.3. The van der Waals surface area contributed by atoms with Crippen LogP contribution < -0.4 is 15.2 Å². The molecule has 0 amide bonds. The molecule has 11 heteroatoms. The Kier molecular flexibility index (Phi) is 18.7. The third kappa shape index (κ3) is 15.6. The summed E-state index contributed by atoms with van der Waals surface area (Å²) in [6.07, 6.45) is 4.89. The molecule has 3 atom stereocenters. The maximum Gasteiger partial charge on any atom is 0.513 e. The van der Waals surface area contributed by atoms with Gasteiger partial charge >= 0.3 is 24.2 Å². The molecule has 0 radical (unpaired) electrons. The molecule has 0 unspecified atom stereocenters. The average Bonchev–Trinajstić information content (AvgIpc) is 2.94. The van der Waals surface area contributed by atoms with Crippen molar-refractivity contribution in [3.8, 4) is 11.5 Å². The zero-order valence-corrected chi connectivity index (χ0v) is 25.8. The SMILES string of the molecule is CCCCCOC(=O)Oc1ccc(C[C@H](N)C(=O)O[C@@H](C)[C@H](C)OC(=O)CCCCC)cc1OC(=O)OCCCCC. The standard InChI is InChI=1S/C31H49NO10/c1-6-9-12-15-28(33)39-22(4)23(5)40-29(34)25(32)20-24-16-17-26(41-30(35)37-18-13-10-7-2)27(21-24)42-31(36)38-19-14-11-8-3/h16-17,21-23,25H,6-15,18-20,32H2,1-5H3/t22-,23-,25-/m0/s1. The van der Waals surface area contributed by atoms with Crippen molar-refractivity contribution in [2.75, 3.05) is 13.2 Å². The Balaban J connectivity index is 2.84. The molecule has 1 rings (SSSR count). The summed E-state index contributed by atoms with van der Waals surface area (Å²) in [4.78, 5) is 49.1. The summed E-state index contributed by atoms with van der Waals surface area (Å²) in [6.45, 7) is 9.77. The fourth-order valence-corrected chi connectivity index (χ4v) is 3.68. The first-order valence-electron chi connectivity index (χ1n) is 15.1. The number of carbonyl (C=O) groups is 4. The molecular weight excluding hydrogens is 546 g/mol. The van der Waals surface area contributed by atoms with Crippen molar-refractivity contribution in [3.05, 3.63) is 23.8 Å². The van der Waals surface area contributed by atoms with Gasteiger partial charge in [0.25, 0.3) is 0 Å². The predicted octanol–water partition coefficient (Wildman–Crippen LogP) is 6.41. The quantitative estimate of drug-likeness (QED) is 0.0770. The molecule has 0 aliphatic heterocycles. The molecule has 0 saturated heterocycles. The van der Waals surface area contributed by atoms with E-state index in [9.17, 15) is 19.2 Å². The molecule has 0 bridgehead atoms. The van der Waals surface area contributed by atoms with Crippen molar-refractivity contribution in [2.24, 2.45) is 5.73 Å². The number of hydrogen-bond donors (Lipinski definition) is 1. The minimum atomic E-state index is -1.07. The van der Waals surface area contributed by atoms with Gasteiger partial charge in [-0.25, -0.2) is 9.59 Å². The van der Waals surface area contributed by atoms with Gasteiger partial charge in [0, 0.05) is 6.42 Å². The van der Waals surface area contributed by atoms with Gasteiger partial charge in [-0.3, -0.25) is 9.59 Å². The van der Waals surface area contributed by atoms with E-state index < -0.39 is 36.5 Å². The molecule has 1 aromatic rings. The van der Waals surface area contributed by atoms with E-state index >= 15 is 0 Å². The molecule has 0 heterocycles. The highest BCUT2D eigenvalue weighted by Crippen LogP contribution is 2.30. The van der Waals surface area contributed by atoms with E-state index in [1.54, 1.807) is 19.9 Å². The number of esters is 2. The van der Waals surface area contributed by atoms with Gasteiger partial charge in [0.2, 0.25) is 0 Å². The van der Waals surface area contributed by atoms with Crippen LogP contribution in [0.2, 0.25) is 0 Å². The van der Waals surface area contributed by atoms with E-state index in [4.69, 9.17) is 34.2 Å². The summed E-state index contributed by atoms with van der Waals surface area (Å²) in [7, 11) is 0. The van der Waals surface area contributed by atoms with Crippen LogP contribution in [0.1, 0.15) is 104 Å². The molecular formula is C31H49NO10. The second-order valence-corrected chi connectivity index (χ2v) is 10.2. The van der Waals surface area contributed by atoms with Gasteiger partial charge in [-0.2, -0.15) is 0 Å². The van der Waals surface area contributed by atoms with Gasteiger partial charge < -0.3 is 34.2 Å². The predicted molar refractivity (Wildman–Crippen MR) is 156 cm³/mol. The van der Waals surface area contributed by atoms with Gasteiger partial charge in [0.05, 0.1) is 13.2 Å². The van der Waals surface area contributed by atoms with Crippen LogP contribution in [0.4, 0.5) is 9.59 Å². The van der Waals surface area contributed by atoms with Gasteiger partial charge in [-0.1, -0.05) is 65.4 Å². The lowest BCUT2D eigenvalue weighted by Crippen LogP contribution is -2.39. The summed E-state index contributed by atoms with van der Waals surface area (Å²) in [5.41, 5.74) is 6.62. The van der Waals surface area contributed by atoms with Crippen molar-refractivity contribution in [1.82, 2.24) is 0 Å². The summed E-state index contributed by atoms with van der Waals surface area (Å²) in [5, 5.41) is 0. The molecule has 2 N–H and O–H groups in total. The largest absolute Gasteiger partial charge is 0.513 e. The lowest BCUT2D eigenvalue weighted by atomic mass is 10.1. The Morgan fingerprint density at radius 2 is 1.24 bits per heavy atom. The van der Waals surface area contributed by atoms with Gasteiger partial charge in [-0.15, -0.1) is 0 Å². The number of unbranched alkanes of at least 4 members (excludes halogenated alkanes) is 6. The normalized spacial score (nSPS) is 12.9. The van der Waals surface area contributed by atoms with Gasteiger partial charge in [-0.05, 0) is 57.2 Å². The highest BCUT2D eigenvalue weighted by Gasteiger charge is 2.25. The van der Waals surface area contributed by atoms with Crippen molar-refractivity contribution in [1.29, 1.82) is 0 Å². The highest BCUT2D eigenvalue weighted by molar-refractivity contribution is 5.76. The fraction of sp³-hybridized carbons (Fsp3) is 0.677. The van der Waals surface area contributed by atoms with Gasteiger partial charge in [0.1, 0.15) is 18.2 Å². The average molecular weight is 596 g/mol. The molecule has 1 aromatic carbocycles. The second-order valence-electron chi connectivity index (χ2n) is 10.2. The molecule has 0 spiro atoms. The fourth-order valence-electron chi connectivity index (χ4n) is 3.68. The lowest BCUT2D eigenvalue weighted by Gasteiger charge is -2.22. The maximum absolute atomic E-state index is 12.7. The van der Waals surface area contributed by atoms with Crippen LogP contribution in [0.5, 0.6) is 11.5 Å². The summed E-state index contributed by atoms with van der Waals surface area (Å²) < 4.78 is 31.6. The molecule has 0 aliphatic rings. The van der Waals surface area contributed by atoms with Crippen molar-refractivity contribution in [3.63, 3.8) is 0 Å². The summed E-state index contributed by atoms with van der Waals surface area (Å²) in [5.74, 6) is -1.17. The van der Waals surface area contributed by atoms with Crippen LogP contribution in [0.15, 0.2) is 18.2 Å². The monoisotopic (exact) mass is 595 g/mol. The lowest BCUT2D eigenvalue weighted by molar-refractivity contribution is -0.166. The molecule has 0 fully saturated rings. The molecule has 0 aliphatic carbocycles. The first-order valence-corrected chi connectivity index (χ1v) is 15.1. The van der Waals surface area contributed by atoms with E-state index in [0.29, 0.717) is 24.8 Å². The van der Waals surface area contributed by atoms with E-state index in [1.807, 2.05) is 20.8 Å². The van der Waals surface area contributed by atoms with Crippen molar-refractivity contribution >= 4 is 24.2 Å². The third-order valence-corrected chi connectivity index (χ3v) is 6.35. The van der Waals surface area contributed by atoms with Crippen LogP contribution in [-0.4, -0.2) is 55.7 Å². The molecule has 42 heavy (non-hydrogen) atoms. The zero-order valence-electron chi connectivity index (χ0n) is 25.8.